The van der Waals surface area contributed by atoms with Crippen molar-refractivity contribution in [3.05, 3.63) is 64.8 Å². The number of benzene rings is 2. The van der Waals surface area contributed by atoms with Gasteiger partial charge in [0.1, 0.15) is 6.17 Å². The predicted molar refractivity (Wildman–Crippen MR) is 118 cm³/mol. The number of para-hydroxylation sites is 1. The molecule has 0 bridgehead atoms. The zero-order valence-electron chi connectivity index (χ0n) is 16.7. The molecule has 0 spiro atoms. The van der Waals surface area contributed by atoms with E-state index in [0.717, 1.165) is 33.2 Å². The van der Waals surface area contributed by atoms with Gasteiger partial charge in [-0.25, -0.2) is 4.79 Å². The number of carbonyl (C=O) groups is 1. The molecular formula is C22H23BrN4O3. The zero-order chi connectivity index (χ0) is 21.0. The molecule has 1 saturated heterocycles. The zero-order valence-corrected chi connectivity index (χ0v) is 18.3. The van der Waals surface area contributed by atoms with Crippen LogP contribution in [-0.2, 0) is 10.4 Å². The molecule has 3 N–H and O–H groups in total. The van der Waals surface area contributed by atoms with Gasteiger partial charge in [0.25, 0.3) is 0 Å². The van der Waals surface area contributed by atoms with Crippen molar-refractivity contribution in [3.63, 3.8) is 0 Å². The molecule has 2 unspecified atom stereocenters. The second-order valence-corrected chi connectivity index (χ2v) is 9.02. The second-order valence-electron chi connectivity index (χ2n) is 8.11. The van der Waals surface area contributed by atoms with Crippen LogP contribution in [0.1, 0.15) is 25.3 Å². The lowest BCUT2D eigenvalue weighted by atomic mass is 10.1. The topological polar surface area (TPSA) is 78.8 Å². The van der Waals surface area contributed by atoms with Crippen molar-refractivity contribution >= 4 is 38.6 Å². The van der Waals surface area contributed by atoms with Gasteiger partial charge >= 0.3 is 6.09 Å². The summed E-state index contributed by atoms with van der Waals surface area (Å²) in [6.45, 7) is 2.15. The molecule has 5 rings (SSSR count). The number of halogens is 1. The number of hydroxylamine groups is 1. The Morgan fingerprint density at radius 2 is 2.00 bits per heavy atom. The van der Waals surface area contributed by atoms with Gasteiger partial charge < -0.3 is 19.4 Å². The summed E-state index contributed by atoms with van der Waals surface area (Å²) in [5, 5.41) is 15.3. The number of aliphatic hydroxyl groups is 1. The van der Waals surface area contributed by atoms with Crippen molar-refractivity contribution < 1.29 is 14.7 Å². The van der Waals surface area contributed by atoms with E-state index in [1.54, 1.807) is 0 Å². The molecule has 8 heteroatoms. The lowest BCUT2D eigenvalue weighted by molar-refractivity contribution is 0.103. The van der Waals surface area contributed by atoms with Gasteiger partial charge in [-0.15, -0.1) is 5.48 Å². The Kier molecular flexibility index (Phi) is 4.53. The molecule has 1 aliphatic heterocycles. The summed E-state index contributed by atoms with van der Waals surface area (Å²) in [6, 6.07) is 17.9. The van der Waals surface area contributed by atoms with Crippen LogP contribution in [0.25, 0.3) is 10.9 Å². The minimum atomic E-state index is -0.874. The molecule has 1 amide bonds. The average molecular weight is 471 g/mol. The van der Waals surface area contributed by atoms with E-state index in [0.29, 0.717) is 0 Å². The summed E-state index contributed by atoms with van der Waals surface area (Å²) < 4.78 is 3.15. The van der Waals surface area contributed by atoms with E-state index < -0.39 is 17.9 Å². The maximum absolute atomic E-state index is 11.8. The summed E-state index contributed by atoms with van der Waals surface area (Å²) in [5.74, 6) is 0.282. The van der Waals surface area contributed by atoms with Crippen LogP contribution in [0.3, 0.4) is 0 Å². The molecule has 3 aromatic rings. The fraction of sp³-hybridized carbons (Fsp3) is 0.318. The van der Waals surface area contributed by atoms with Crippen LogP contribution >= 0.6 is 15.9 Å². The molecule has 7 nitrogen and oxygen atoms in total. The third-order valence-corrected chi connectivity index (χ3v) is 6.85. The highest BCUT2D eigenvalue weighted by Gasteiger charge is 2.62. The molecule has 1 saturated carbocycles. The minimum absolute atomic E-state index is 0.282. The van der Waals surface area contributed by atoms with E-state index in [1.807, 2.05) is 66.5 Å². The number of anilines is 1. The highest BCUT2D eigenvalue weighted by atomic mass is 79.9. The summed E-state index contributed by atoms with van der Waals surface area (Å²) in [5.41, 5.74) is 5.09. The molecule has 2 heterocycles. The standard InChI is InChI=1S/C22H23BrN4O3/c1-13-12-22(13,20-24-21(29)30-25-20)27-17-9-8-15(23)10-14(17)11-18(27)19(28)26(2)16-6-4-3-5-7-16/h3-11,13,19-20,25,28H,12H2,1-2H3,(H,24,29)/t13-,19?,20?,22-/m0/s1. The first-order valence-corrected chi connectivity index (χ1v) is 10.7. The number of fused-ring (bicyclic) bond motifs is 1. The third kappa shape index (κ3) is 2.90. The van der Waals surface area contributed by atoms with Gasteiger partial charge in [-0.2, -0.15) is 0 Å². The number of rotatable bonds is 5. The Balaban J connectivity index is 1.66. The summed E-state index contributed by atoms with van der Waals surface area (Å²) in [6.07, 6.45) is -0.891. The Hall–Kier alpha value is -2.55. The summed E-state index contributed by atoms with van der Waals surface area (Å²) >= 11 is 3.55. The first kappa shape index (κ1) is 19.4. The van der Waals surface area contributed by atoms with Crippen molar-refractivity contribution in [1.29, 1.82) is 0 Å². The fourth-order valence-electron chi connectivity index (χ4n) is 4.66. The normalized spacial score (nSPS) is 26.3. The van der Waals surface area contributed by atoms with Crippen LogP contribution in [-0.4, -0.2) is 29.0 Å². The maximum atomic E-state index is 11.8. The second kappa shape index (κ2) is 7.01. The first-order valence-electron chi connectivity index (χ1n) is 9.92. The van der Waals surface area contributed by atoms with Crippen LogP contribution in [0.5, 0.6) is 0 Å². The number of hydrogen-bond donors (Lipinski definition) is 3. The SMILES string of the molecule is C[C@H]1C[C@]1(C1NOC(=O)N1)n1c(C(O)N(C)c2ccccc2)cc2cc(Br)ccc21. The van der Waals surface area contributed by atoms with Gasteiger partial charge in [-0.1, -0.05) is 41.1 Å². The van der Waals surface area contributed by atoms with Gasteiger partial charge in [-0.05, 0) is 48.7 Å². The predicted octanol–water partition coefficient (Wildman–Crippen LogP) is 3.84. The minimum Gasteiger partial charge on any atom is -0.368 e. The highest BCUT2D eigenvalue weighted by Crippen LogP contribution is 2.55. The smallest absolute Gasteiger partial charge is 0.368 e. The molecule has 4 atom stereocenters. The Morgan fingerprint density at radius 1 is 1.27 bits per heavy atom. The quantitative estimate of drug-likeness (QED) is 0.493. The summed E-state index contributed by atoms with van der Waals surface area (Å²) in [7, 11) is 1.87. The fourth-order valence-corrected chi connectivity index (χ4v) is 5.03. The maximum Gasteiger partial charge on any atom is 0.427 e. The van der Waals surface area contributed by atoms with E-state index in [-0.39, 0.29) is 12.1 Å². The van der Waals surface area contributed by atoms with Gasteiger partial charge in [0.15, 0.2) is 6.23 Å². The number of hydrogen-bond acceptors (Lipinski definition) is 5. The van der Waals surface area contributed by atoms with E-state index in [1.165, 1.54) is 0 Å². The lowest BCUT2D eigenvalue weighted by Crippen LogP contribution is -2.48. The molecule has 1 aromatic heterocycles. The van der Waals surface area contributed by atoms with Crippen LogP contribution in [0, 0.1) is 5.92 Å². The Bertz CT molecular complexity index is 1120. The van der Waals surface area contributed by atoms with Crippen LogP contribution in [0.2, 0.25) is 0 Å². The molecule has 30 heavy (non-hydrogen) atoms. The first-order chi connectivity index (χ1) is 14.4. The Morgan fingerprint density at radius 3 is 2.63 bits per heavy atom. The van der Waals surface area contributed by atoms with E-state index in [4.69, 9.17) is 4.84 Å². The largest absolute Gasteiger partial charge is 0.427 e. The number of aliphatic hydroxyl groups excluding tert-OH is 1. The number of amides is 1. The van der Waals surface area contributed by atoms with Crippen molar-refractivity contribution in [2.24, 2.45) is 5.92 Å². The van der Waals surface area contributed by atoms with E-state index in [2.05, 4.69) is 38.2 Å². The van der Waals surface area contributed by atoms with Crippen molar-refractivity contribution in [1.82, 2.24) is 15.4 Å². The number of carbonyl (C=O) groups excluding carboxylic acids is 1. The number of aromatic nitrogens is 1. The lowest BCUT2D eigenvalue weighted by Gasteiger charge is -2.32. The molecule has 2 fully saturated rings. The average Bonchev–Trinajstić information content (AvgIpc) is 3.06. The van der Waals surface area contributed by atoms with Gasteiger partial charge in [0.2, 0.25) is 0 Å². The van der Waals surface area contributed by atoms with Crippen LogP contribution < -0.4 is 15.7 Å². The van der Waals surface area contributed by atoms with Gasteiger partial charge in [0.05, 0.1) is 11.2 Å². The molecule has 0 radical (unpaired) electrons. The monoisotopic (exact) mass is 470 g/mol. The molecule has 156 valence electrons. The molecule has 2 aliphatic rings. The third-order valence-electron chi connectivity index (χ3n) is 6.36. The van der Waals surface area contributed by atoms with E-state index >= 15 is 0 Å². The van der Waals surface area contributed by atoms with Crippen molar-refractivity contribution in [2.45, 2.75) is 31.3 Å². The van der Waals surface area contributed by atoms with Crippen molar-refractivity contribution in [3.8, 4) is 0 Å². The number of nitrogens with zero attached hydrogens (tertiary/aromatic N) is 2. The molecule has 2 aromatic carbocycles. The highest BCUT2D eigenvalue weighted by molar-refractivity contribution is 9.10. The molecule has 1 aliphatic carbocycles. The van der Waals surface area contributed by atoms with Gasteiger partial charge in [0, 0.05) is 28.1 Å². The Labute approximate surface area is 182 Å². The van der Waals surface area contributed by atoms with Crippen molar-refractivity contribution in [2.75, 3.05) is 11.9 Å². The molecular weight excluding hydrogens is 448 g/mol. The summed E-state index contributed by atoms with van der Waals surface area (Å²) in [4.78, 5) is 18.6. The van der Waals surface area contributed by atoms with Crippen LogP contribution in [0.4, 0.5) is 10.5 Å². The van der Waals surface area contributed by atoms with Gasteiger partial charge in [-0.3, -0.25) is 5.32 Å². The van der Waals surface area contributed by atoms with E-state index in [9.17, 15) is 9.90 Å². The van der Waals surface area contributed by atoms with Crippen LogP contribution in [0.15, 0.2) is 59.1 Å². The number of nitrogens with one attached hydrogen (secondary N) is 2.